The highest BCUT2D eigenvalue weighted by molar-refractivity contribution is 6.35. The fraction of sp³-hybridized carbons (Fsp3) is 0.500. The van der Waals surface area contributed by atoms with Gasteiger partial charge in [-0.15, -0.1) is 0 Å². The van der Waals surface area contributed by atoms with E-state index in [1.54, 1.807) is 9.80 Å². The summed E-state index contributed by atoms with van der Waals surface area (Å²) >= 11 is 6.81. The number of piperazine rings is 2. The normalized spacial score (nSPS) is 24.8. The summed E-state index contributed by atoms with van der Waals surface area (Å²) in [7, 11) is 2.10. The summed E-state index contributed by atoms with van der Waals surface area (Å²) in [5.74, 6) is -3.23. The van der Waals surface area contributed by atoms with Gasteiger partial charge in [0.15, 0.2) is 17.3 Å². The van der Waals surface area contributed by atoms with Crippen molar-refractivity contribution in [3.8, 4) is 22.8 Å². The fourth-order valence-electron chi connectivity index (χ4n) is 6.66. The van der Waals surface area contributed by atoms with Crippen molar-refractivity contribution in [1.29, 1.82) is 0 Å². The average molecular weight is 617 g/mol. The predicted octanol–water partition coefficient (Wildman–Crippen LogP) is 2.83. The number of pyridine rings is 1. The van der Waals surface area contributed by atoms with Crippen LogP contribution in [0, 0.1) is 11.6 Å². The number of anilines is 1. The van der Waals surface area contributed by atoms with Gasteiger partial charge in [-0.05, 0) is 38.6 Å². The van der Waals surface area contributed by atoms with E-state index in [1.165, 1.54) is 6.08 Å². The Balaban J connectivity index is 1.46. The minimum absolute atomic E-state index is 0.000900. The molecule has 5 heterocycles. The van der Waals surface area contributed by atoms with E-state index in [4.69, 9.17) is 21.3 Å². The number of carbonyl (C=O) groups is 2. The van der Waals surface area contributed by atoms with E-state index >= 15 is 4.39 Å². The number of aromatic nitrogens is 1. The number of benzene rings is 1. The summed E-state index contributed by atoms with van der Waals surface area (Å²) in [5.41, 5.74) is -0.574. The van der Waals surface area contributed by atoms with Crippen LogP contribution in [0.15, 0.2) is 24.8 Å². The van der Waals surface area contributed by atoms with Gasteiger partial charge in [0.2, 0.25) is 5.91 Å². The molecule has 0 bridgehead atoms. The molecule has 13 heteroatoms. The first-order valence-corrected chi connectivity index (χ1v) is 14.9. The molecule has 3 fully saturated rings. The van der Waals surface area contributed by atoms with Gasteiger partial charge >= 0.3 is 0 Å². The van der Waals surface area contributed by atoms with Crippen LogP contribution in [-0.4, -0.2) is 126 Å². The van der Waals surface area contributed by atoms with Crippen LogP contribution in [0.1, 0.15) is 23.7 Å². The molecule has 10 nitrogen and oxygen atoms in total. The van der Waals surface area contributed by atoms with Crippen molar-refractivity contribution in [1.82, 2.24) is 24.6 Å². The highest BCUT2D eigenvalue weighted by Gasteiger charge is 2.43. The van der Waals surface area contributed by atoms with Gasteiger partial charge in [-0.1, -0.05) is 18.2 Å². The van der Waals surface area contributed by atoms with Crippen LogP contribution in [0.4, 0.5) is 14.6 Å². The molecule has 1 unspecified atom stereocenters. The van der Waals surface area contributed by atoms with Crippen molar-refractivity contribution < 1.29 is 28.2 Å². The number of aromatic hydroxyl groups is 1. The highest BCUT2D eigenvalue weighted by Crippen LogP contribution is 2.47. The Labute approximate surface area is 254 Å². The zero-order valence-electron chi connectivity index (χ0n) is 24.2. The molecule has 0 radical (unpaired) electrons. The molecular formula is C30H35ClF2N6O4. The van der Waals surface area contributed by atoms with Gasteiger partial charge in [-0.2, -0.15) is 0 Å². The first-order chi connectivity index (χ1) is 20.6. The fourth-order valence-corrected chi connectivity index (χ4v) is 6.95. The Morgan fingerprint density at radius 1 is 1.07 bits per heavy atom. The van der Waals surface area contributed by atoms with Crippen LogP contribution in [-0.2, 0) is 4.79 Å². The molecule has 230 valence electrons. The zero-order valence-corrected chi connectivity index (χ0v) is 25.0. The molecule has 3 atom stereocenters. The molecule has 1 N–H and O–H groups in total. The summed E-state index contributed by atoms with van der Waals surface area (Å²) in [4.78, 5) is 41.4. The van der Waals surface area contributed by atoms with E-state index in [2.05, 4.69) is 23.4 Å². The van der Waals surface area contributed by atoms with Gasteiger partial charge in [-0.3, -0.25) is 14.5 Å². The zero-order chi connectivity index (χ0) is 30.6. The second kappa shape index (κ2) is 11.5. The number of nitrogens with zero attached hydrogens (tertiary/aromatic N) is 6. The van der Waals surface area contributed by atoms with Crippen LogP contribution >= 0.6 is 11.6 Å². The monoisotopic (exact) mass is 616 g/mol. The van der Waals surface area contributed by atoms with Crippen LogP contribution < -0.4 is 9.64 Å². The first kappa shape index (κ1) is 29.6. The maximum Gasteiger partial charge on any atom is 0.261 e. The van der Waals surface area contributed by atoms with Gasteiger partial charge in [0.05, 0.1) is 11.6 Å². The van der Waals surface area contributed by atoms with Crippen LogP contribution in [0.2, 0.25) is 5.02 Å². The number of rotatable bonds is 4. The lowest BCUT2D eigenvalue weighted by Gasteiger charge is -2.39. The summed E-state index contributed by atoms with van der Waals surface area (Å²) in [6, 6.07) is 1.40. The molecule has 3 saturated heterocycles. The first-order valence-electron chi connectivity index (χ1n) is 14.5. The number of fused-ring (bicyclic) bond motifs is 2. The van der Waals surface area contributed by atoms with Crippen molar-refractivity contribution in [3.05, 3.63) is 47.0 Å². The topological polar surface area (TPSA) is 92.7 Å². The second-order valence-corrected chi connectivity index (χ2v) is 12.1. The Morgan fingerprint density at radius 2 is 1.79 bits per heavy atom. The Hall–Kier alpha value is -3.48. The lowest BCUT2D eigenvalue weighted by Crippen LogP contribution is -2.57. The van der Waals surface area contributed by atoms with Crippen molar-refractivity contribution in [2.24, 2.45) is 0 Å². The maximum absolute atomic E-state index is 15.2. The van der Waals surface area contributed by atoms with E-state index in [9.17, 15) is 19.1 Å². The highest BCUT2D eigenvalue weighted by atomic mass is 35.5. The molecule has 43 heavy (non-hydrogen) atoms. The third-order valence-electron chi connectivity index (χ3n) is 9.13. The van der Waals surface area contributed by atoms with Crippen molar-refractivity contribution in [3.63, 3.8) is 0 Å². The summed E-state index contributed by atoms with van der Waals surface area (Å²) in [5, 5.41) is 10.4. The third kappa shape index (κ3) is 5.19. The number of likely N-dealkylation sites (N-methyl/N-ethyl adjacent to an activating group) is 1. The number of phenols is 1. The van der Waals surface area contributed by atoms with Crippen molar-refractivity contribution in [2.75, 3.05) is 70.9 Å². The van der Waals surface area contributed by atoms with Crippen LogP contribution in [0.3, 0.4) is 0 Å². The SMILES string of the molecule is C=CC(=O)N1CCN2C(=O)c3c(N4CC(N5CCN(C)CC5)C[C@@H]4C)nc(-c4c(F)ccc(F)c4O)c(Cl)c3OC[C@H]2C1. The standard InChI is InChI=1S/C30H35ClF2N6O4/c1-4-22(40)37-11-12-38-19(14-37)16-43-28-24(30(38)42)29(34-26(25(28)31)23-20(32)5-6-21(33)27(23)41)39-15-18(13-17(39)2)36-9-7-35(3)8-10-36/h4-6,17-19,41H,1,7-16H2,2-3H3/t17-,18?,19+/m0/s1. The maximum atomic E-state index is 15.2. The average Bonchev–Trinajstić information content (AvgIpc) is 3.32. The molecule has 4 aliphatic heterocycles. The van der Waals surface area contributed by atoms with Gasteiger partial charge in [-0.25, -0.2) is 13.8 Å². The number of halogens is 3. The largest absolute Gasteiger partial charge is 0.504 e. The lowest BCUT2D eigenvalue weighted by atomic mass is 10.0. The Bertz CT molecular complexity index is 1470. The van der Waals surface area contributed by atoms with E-state index in [0.717, 1.165) is 44.7 Å². The Morgan fingerprint density at radius 3 is 2.51 bits per heavy atom. The molecule has 0 aliphatic carbocycles. The van der Waals surface area contributed by atoms with Crippen molar-refractivity contribution in [2.45, 2.75) is 31.5 Å². The molecule has 4 aliphatic rings. The van der Waals surface area contributed by atoms with Gasteiger partial charge in [0, 0.05) is 64.4 Å². The minimum atomic E-state index is -1.03. The summed E-state index contributed by atoms with van der Waals surface area (Å²) < 4.78 is 35.9. The lowest BCUT2D eigenvalue weighted by molar-refractivity contribution is -0.128. The number of ether oxygens (including phenoxy) is 1. The predicted molar refractivity (Wildman–Crippen MR) is 158 cm³/mol. The van der Waals surface area contributed by atoms with E-state index in [-0.39, 0.29) is 71.4 Å². The molecule has 2 amide bonds. The Kier molecular flexibility index (Phi) is 7.95. The third-order valence-corrected chi connectivity index (χ3v) is 9.48. The summed E-state index contributed by atoms with van der Waals surface area (Å²) in [6.45, 7) is 10.7. The second-order valence-electron chi connectivity index (χ2n) is 11.7. The van der Waals surface area contributed by atoms with E-state index in [0.29, 0.717) is 13.1 Å². The molecule has 6 rings (SSSR count). The minimum Gasteiger partial charge on any atom is -0.504 e. The van der Waals surface area contributed by atoms with Crippen LogP contribution in [0.25, 0.3) is 11.3 Å². The van der Waals surface area contributed by atoms with Crippen LogP contribution in [0.5, 0.6) is 11.5 Å². The smallest absolute Gasteiger partial charge is 0.261 e. The quantitative estimate of drug-likeness (QED) is 0.525. The molecule has 1 aromatic carbocycles. The molecular weight excluding hydrogens is 582 g/mol. The van der Waals surface area contributed by atoms with Crippen molar-refractivity contribution >= 4 is 29.2 Å². The van der Waals surface area contributed by atoms with E-state index < -0.39 is 29.0 Å². The number of amides is 2. The molecule has 0 saturated carbocycles. The van der Waals surface area contributed by atoms with Gasteiger partial charge in [0.25, 0.3) is 5.91 Å². The number of carbonyl (C=O) groups excluding carboxylic acids is 2. The number of phenolic OH excluding ortho intramolecular Hbond substituents is 1. The number of hydrogen-bond donors (Lipinski definition) is 1. The number of hydrogen-bond acceptors (Lipinski definition) is 8. The molecule has 1 aromatic heterocycles. The molecule has 2 aromatic rings. The van der Waals surface area contributed by atoms with Gasteiger partial charge < -0.3 is 29.4 Å². The summed E-state index contributed by atoms with van der Waals surface area (Å²) in [6.07, 6.45) is 2.05. The molecule has 0 spiro atoms. The van der Waals surface area contributed by atoms with E-state index in [1.807, 2.05) is 11.8 Å². The van der Waals surface area contributed by atoms with Gasteiger partial charge in [0.1, 0.15) is 34.5 Å².